The van der Waals surface area contributed by atoms with Crippen LogP contribution in [0.3, 0.4) is 0 Å². The first-order chi connectivity index (χ1) is 10.7. The SMILES string of the molecule is CNCC(=Cc1cc(C)cc(OC)c1)B1OC(C)(C)C(C)(C)O1. The van der Waals surface area contributed by atoms with Gasteiger partial charge in [0.2, 0.25) is 0 Å². The molecule has 23 heavy (non-hydrogen) atoms. The Morgan fingerprint density at radius 3 is 2.30 bits per heavy atom. The molecule has 2 rings (SSSR count). The number of hydrogen-bond acceptors (Lipinski definition) is 4. The summed E-state index contributed by atoms with van der Waals surface area (Å²) >= 11 is 0. The van der Waals surface area contributed by atoms with Crippen molar-refractivity contribution in [1.29, 1.82) is 0 Å². The molecule has 126 valence electrons. The van der Waals surface area contributed by atoms with Gasteiger partial charge in [0, 0.05) is 6.54 Å². The third-order valence-electron chi connectivity index (χ3n) is 4.60. The van der Waals surface area contributed by atoms with E-state index < -0.39 is 0 Å². The van der Waals surface area contributed by atoms with Crippen LogP contribution in [0.5, 0.6) is 5.75 Å². The molecule has 1 aromatic carbocycles. The molecule has 5 heteroatoms. The van der Waals surface area contributed by atoms with Crippen LogP contribution in [0.15, 0.2) is 23.7 Å². The Balaban J connectivity index is 2.34. The molecule has 0 spiro atoms. The Kier molecular flexibility index (Phi) is 5.24. The van der Waals surface area contributed by atoms with E-state index in [0.717, 1.165) is 22.3 Å². The number of nitrogens with one attached hydrogen (secondary N) is 1. The predicted molar refractivity (Wildman–Crippen MR) is 95.7 cm³/mol. The molecule has 0 aliphatic carbocycles. The maximum absolute atomic E-state index is 6.18. The van der Waals surface area contributed by atoms with Gasteiger partial charge < -0.3 is 19.4 Å². The van der Waals surface area contributed by atoms with Crippen molar-refractivity contribution >= 4 is 13.2 Å². The molecule has 0 atom stereocenters. The minimum atomic E-state index is -0.348. The number of rotatable bonds is 5. The maximum atomic E-state index is 6.18. The topological polar surface area (TPSA) is 39.7 Å². The summed E-state index contributed by atoms with van der Waals surface area (Å²) in [5.41, 5.74) is 2.64. The van der Waals surface area contributed by atoms with Crippen molar-refractivity contribution in [3.63, 3.8) is 0 Å². The molecule has 0 aromatic heterocycles. The van der Waals surface area contributed by atoms with Crippen LogP contribution in [0.4, 0.5) is 0 Å². The number of hydrogen-bond donors (Lipinski definition) is 1. The third-order valence-corrected chi connectivity index (χ3v) is 4.60. The highest BCUT2D eigenvalue weighted by molar-refractivity contribution is 6.55. The van der Waals surface area contributed by atoms with Gasteiger partial charge in [-0.25, -0.2) is 0 Å². The summed E-state index contributed by atoms with van der Waals surface area (Å²) in [5.74, 6) is 0.856. The van der Waals surface area contributed by atoms with Crippen LogP contribution < -0.4 is 10.1 Å². The number of aryl methyl sites for hydroxylation is 1. The molecule has 1 aromatic rings. The van der Waals surface area contributed by atoms with Crippen LogP contribution in [0.25, 0.3) is 6.08 Å². The minimum Gasteiger partial charge on any atom is -0.497 e. The van der Waals surface area contributed by atoms with Crippen LogP contribution in [-0.2, 0) is 9.31 Å². The summed E-state index contributed by atoms with van der Waals surface area (Å²) in [6.45, 7) is 11.0. The average Bonchev–Trinajstić information content (AvgIpc) is 2.66. The number of ether oxygens (including phenoxy) is 1. The van der Waals surface area contributed by atoms with Gasteiger partial charge in [-0.1, -0.05) is 12.1 Å². The highest BCUT2D eigenvalue weighted by Gasteiger charge is 2.52. The molecular formula is C18H28BNO3. The predicted octanol–water partition coefficient (Wildman–Crippen LogP) is 3.24. The summed E-state index contributed by atoms with van der Waals surface area (Å²) in [7, 11) is 3.26. The minimum absolute atomic E-state index is 0.338. The van der Waals surface area contributed by atoms with Gasteiger partial charge in [-0.3, -0.25) is 0 Å². The van der Waals surface area contributed by atoms with Crippen LogP contribution in [-0.4, -0.2) is 39.0 Å². The first kappa shape index (κ1) is 18.0. The van der Waals surface area contributed by atoms with E-state index in [9.17, 15) is 0 Å². The monoisotopic (exact) mass is 317 g/mol. The van der Waals surface area contributed by atoms with Crippen molar-refractivity contribution < 1.29 is 14.0 Å². The molecule has 1 fully saturated rings. The largest absolute Gasteiger partial charge is 0.497 e. The average molecular weight is 317 g/mol. The second kappa shape index (κ2) is 6.67. The lowest BCUT2D eigenvalue weighted by Crippen LogP contribution is -2.41. The lowest BCUT2D eigenvalue weighted by atomic mass is 9.77. The fourth-order valence-corrected chi connectivity index (χ4v) is 2.59. The van der Waals surface area contributed by atoms with Crippen molar-refractivity contribution in [3.8, 4) is 5.75 Å². The molecule has 0 amide bonds. The van der Waals surface area contributed by atoms with E-state index in [1.807, 2.05) is 19.2 Å². The Labute approximate surface area is 140 Å². The molecule has 1 N–H and O–H groups in total. The zero-order valence-electron chi connectivity index (χ0n) is 15.3. The van der Waals surface area contributed by atoms with E-state index in [1.54, 1.807) is 7.11 Å². The van der Waals surface area contributed by atoms with E-state index in [2.05, 4.69) is 52.1 Å². The van der Waals surface area contributed by atoms with Crippen LogP contribution in [0.1, 0.15) is 38.8 Å². The molecule has 1 heterocycles. The first-order valence-corrected chi connectivity index (χ1v) is 8.05. The second-order valence-electron chi connectivity index (χ2n) is 7.12. The molecule has 4 nitrogen and oxygen atoms in total. The van der Waals surface area contributed by atoms with E-state index in [4.69, 9.17) is 14.0 Å². The summed E-state index contributed by atoms with van der Waals surface area (Å²) in [5, 5.41) is 3.20. The van der Waals surface area contributed by atoms with Crippen LogP contribution in [0, 0.1) is 6.92 Å². The fourth-order valence-electron chi connectivity index (χ4n) is 2.59. The Bertz CT molecular complexity index is 580. The quantitative estimate of drug-likeness (QED) is 0.847. The Morgan fingerprint density at radius 1 is 1.17 bits per heavy atom. The number of likely N-dealkylation sites (N-methyl/N-ethyl adjacent to an activating group) is 1. The van der Waals surface area contributed by atoms with Crippen LogP contribution in [0.2, 0.25) is 0 Å². The summed E-state index contributed by atoms with van der Waals surface area (Å²) in [4.78, 5) is 0. The van der Waals surface area contributed by atoms with Gasteiger partial charge in [0.1, 0.15) is 5.75 Å². The van der Waals surface area contributed by atoms with Gasteiger partial charge >= 0.3 is 7.12 Å². The standard InChI is InChI=1S/C18H28BNO3/c1-13-8-14(11-16(9-13)21-7)10-15(12-20-6)19-22-17(2,3)18(4,5)23-19/h8-11,20H,12H2,1-7H3. The molecule has 0 radical (unpaired) electrons. The zero-order valence-corrected chi connectivity index (χ0v) is 15.3. The van der Waals surface area contributed by atoms with E-state index in [-0.39, 0.29) is 18.3 Å². The molecule has 0 saturated carbocycles. The van der Waals surface area contributed by atoms with Gasteiger partial charge in [-0.05, 0) is 70.4 Å². The van der Waals surface area contributed by atoms with E-state index in [1.165, 1.54) is 0 Å². The van der Waals surface area contributed by atoms with Gasteiger partial charge in [-0.2, -0.15) is 0 Å². The third kappa shape index (κ3) is 3.97. The van der Waals surface area contributed by atoms with Gasteiger partial charge in [0.05, 0.1) is 18.3 Å². The van der Waals surface area contributed by atoms with E-state index in [0.29, 0.717) is 6.54 Å². The highest BCUT2D eigenvalue weighted by Crippen LogP contribution is 2.38. The molecule has 1 aliphatic heterocycles. The second-order valence-corrected chi connectivity index (χ2v) is 7.12. The lowest BCUT2D eigenvalue weighted by molar-refractivity contribution is 0.00578. The Hall–Kier alpha value is -1.30. The number of benzene rings is 1. The first-order valence-electron chi connectivity index (χ1n) is 8.05. The Morgan fingerprint density at radius 2 is 1.78 bits per heavy atom. The normalized spacial score (nSPS) is 20.0. The molecule has 1 aliphatic rings. The van der Waals surface area contributed by atoms with Crippen molar-refractivity contribution in [2.45, 2.75) is 45.8 Å². The lowest BCUT2D eigenvalue weighted by Gasteiger charge is -2.32. The van der Waals surface area contributed by atoms with Gasteiger partial charge in [-0.15, -0.1) is 0 Å². The van der Waals surface area contributed by atoms with Gasteiger partial charge in [0.15, 0.2) is 0 Å². The van der Waals surface area contributed by atoms with Crippen molar-refractivity contribution in [2.75, 3.05) is 20.7 Å². The van der Waals surface area contributed by atoms with Gasteiger partial charge in [0.25, 0.3) is 0 Å². The van der Waals surface area contributed by atoms with E-state index >= 15 is 0 Å². The summed E-state index contributed by atoms with van der Waals surface area (Å²) in [6, 6.07) is 6.17. The highest BCUT2D eigenvalue weighted by atomic mass is 16.7. The molecule has 1 saturated heterocycles. The summed E-state index contributed by atoms with van der Waals surface area (Å²) < 4.78 is 17.7. The summed E-state index contributed by atoms with van der Waals surface area (Å²) in [6.07, 6.45) is 2.12. The zero-order chi connectivity index (χ0) is 17.3. The maximum Gasteiger partial charge on any atom is 0.491 e. The smallest absolute Gasteiger partial charge is 0.491 e. The molecular weight excluding hydrogens is 289 g/mol. The molecule has 0 bridgehead atoms. The van der Waals surface area contributed by atoms with Crippen molar-refractivity contribution in [3.05, 3.63) is 34.8 Å². The van der Waals surface area contributed by atoms with Crippen molar-refractivity contribution in [1.82, 2.24) is 5.32 Å². The van der Waals surface area contributed by atoms with Crippen LogP contribution >= 0.6 is 0 Å². The molecule has 0 unspecified atom stereocenters. The number of methoxy groups -OCH3 is 1. The van der Waals surface area contributed by atoms with Crippen molar-refractivity contribution in [2.24, 2.45) is 0 Å². The fraction of sp³-hybridized carbons (Fsp3) is 0.556.